The molecule has 0 saturated heterocycles. The van der Waals surface area contributed by atoms with E-state index in [9.17, 15) is 14.4 Å². The first-order valence-corrected chi connectivity index (χ1v) is 9.90. The molecule has 0 radical (unpaired) electrons. The Morgan fingerprint density at radius 1 is 1.23 bits per heavy atom. The van der Waals surface area contributed by atoms with Gasteiger partial charge in [-0.25, -0.2) is 4.98 Å². The lowest BCUT2D eigenvalue weighted by Crippen LogP contribution is -2.40. The van der Waals surface area contributed by atoms with E-state index in [2.05, 4.69) is 37.5 Å². The molecule has 154 valence electrons. The molecular weight excluding hydrogens is 404 g/mol. The van der Waals surface area contributed by atoms with Crippen LogP contribution >= 0.6 is 11.8 Å². The van der Waals surface area contributed by atoms with Gasteiger partial charge in [0.25, 0.3) is 0 Å². The molecule has 9 nitrogen and oxygen atoms in total. The maximum absolute atomic E-state index is 12.6. The van der Waals surface area contributed by atoms with Crippen LogP contribution in [0.2, 0.25) is 0 Å². The third-order valence-corrected chi connectivity index (χ3v) is 5.42. The van der Waals surface area contributed by atoms with E-state index in [1.165, 1.54) is 31.1 Å². The number of allylic oxidation sites excluding steroid dienone is 1. The predicted octanol–water partition coefficient (Wildman–Crippen LogP) is 1.93. The quantitative estimate of drug-likeness (QED) is 0.576. The number of aromatic nitrogens is 3. The number of nitrogens with one attached hydrogen (secondary N) is 3. The van der Waals surface area contributed by atoms with E-state index in [4.69, 9.17) is 0 Å². The summed E-state index contributed by atoms with van der Waals surface area (Å²) >= 11 is 1.27. The zero-order chi connectivity index (χ0) is 21.7. The van der Waals surface area contributed by atoms with Gasteiger partial charge in [0, 0.05) is 24.2 Å². The number of ketones is 1. The highest BCUT2D eigenvalue weighted by atomic mass is 32.2. The van der Waals surface area contributed by atoms with E-state index in [1.54, 1.807) is 25.5 Å². The summed E-state index contributed by atoms with van der Waals surface area (Å²) in [7, 11) is 0. The van der Waals surface area contributed by atoms with Crippen LogP contribution in [0.3, 0.4) is 0 Å². The van der Waals surface area contributed by atoms with Crippen LogP contribution in [0.5, 0.6) is 0 Å². The van der Waals surface area contributed by atoms with E-state index >= 15 is 0 Å². The van der Waals surface area contributed by atoms with Crippen molar-refractivity contribution in [1.29, 1.82) is 0 Å². The average molecular weight is 424 g/mol. The minimum Gasteiger partial charge on any atom is -0.361 e. The molecule has 1 aliphatic rings. The molecule has 2 atom stereocenters. The molecule has 3 heterocycles. The molecule has 2 unspecified atom stereocenters. The van der Waals surface area contributed by atoms with Crippen molar-refractivity contribution in [2.24, 2.45) is 0 Å². The van der Waals surface area contributed by atoms with Crippen LogP contribution in [-0.2, 0) is 14.4 Å². The van der Waals surface area contributed by atoms with Gasteiger partial charge in [-0.15, -0.1) is 0 Å². The zero-order valence-corrected chi connectivity index (χ0v) is 17.2. The lowest BCUT2D eigenvalue weighted by molar-refractivity contribution is -0.122. The van der Waals surface area contributed by atoms with Crippen molar-refractivity contribution in [3.63, 3.8) is 0 Å². The van der Waals surface area contributed by atoms with Crippen LogP contribution in [0.15, 0.2) is 54.6 Å². The standard InChI is InChI=1S/C20H20N6O3S/c1-4-18(28)25-17-10-22-15(8-23-17)14-5-13(6-21-7-14)11(2)19(29)26-20-24-9-16(30-20)12(3)27/h4-11,20,24H,1H2,2-3H3,(H,26,29)(H,23,25,28). The van der Waals surface area contributed by atoms with Gasteiger partial charge < -0.3 is 16.0 Å². The number of pyridine rings is 1. The maximum atomic E-state index is 12.6. The monoisotopic (exact) mass is 424 g/mol. The molecule has 1 aliphatic heterocycles. The number of carbonyl (C=O) groups excluding carboxylic acids is 3. The molecule has 2 aromatic heterocycles. The van der Waals surface area contributed by atoms with Crippen LogP contribution in [0, 0.1) is 0 Å². The number of nitrogens with zero attached hydrogens (tertiary/aromatic N) is 3. The van der Waals surface area contributed by atoms with Gasteiger partial charge in [0.2, 0.25) is 11.8 Å². The first-order chi connectivity index (χ1) is 14.4. The van der Waals surface area contributed by atoms with E-state index in [-0.39, 0.29) is 23.1 Å². The van der Waals surface area contributed by atoms with Gasteiger partial charge in [-0.05, 0) is 31.6 Å². The van der Waals surface area contributed by atoms with E-state index < -0.39 is 5.92 Å². The minimum atomic E-state index is -0.472. The van der Waals surface area contributed by atoms with Crippen LogP contribution in [-0.4, -0.2) is 38.0 Å². The summed E-state index contributed by atoms with van der Waals surface area (Å²) < 4.78 is 0. The lowest BCUT2D eigenvalue weighted by atomic mass is 10.00. The molecule has 0 fully saturated rings. The summed E-state index contributed by atoms with van der Waals surface area (Å²) in [4.78, 5) is 48.6. The summed E-state index contributed by atoms with van der Waals surface area (Å²) in [5.74, 6) is -0.793. The largest absolute Gasteiger partial charge is 0.361 e. The number of amides is 2. The summed E-state index contributed by atoms with van der Waals surface area (Å²) in [6.07, 6.45) is 8.93. The topological polar surface area (TPSA) is 126 Å². The van der Waals surface area contributed by atoms with E-state index in [1.807, 2.05) is 6.07 Å². The van der Waals surface area contributed by atoms with Crippen LogP contribution in [0.4, 0.5) is 5.82 Å². The van der Waals surface area contributed by atoms with Crippen molar-refractivity contribution in [2.75, 3.05) is 5.32 Å². The van der Waals surface area contributed by atoms with Crippen LogP contribution in [0.25, 0.3) is 11.3 Å². The Kier molecular flexibility index (Phi) is 6.58. The second-order valence-corrected chi connectivity index (χ2v) is 7.59. The Balaban J connectivity index is 1.67. The smallest absolute Gasteiger partial charge is 0.248 e. The van der Waals surface area contributed by atoms with Crippen LogP contribution in [0.1, 0.15) is 25.3 Å². The van der Waals surface area contributed by atoms with Crippen molar-refractivity contribution in [1.82, 2.24) is 25.6 Å². The molecule has 3 N–H and O–H groups in total. The Morgan fingerprint density at radius 2 is 2.03 bits per heavy atom. The normalized spacial score (nSPS) is 16.1. The first-order valence-electron chi connectivity index (χ1n) is 9.02. The average Bonchev–Trinajstić information content (AvgIpc) is 3.22. The molecule has 10 heteroatoms. The maximum Gasteiger partial charge on any atom is 0.248 e. The first kappa shape index (κ1) is 21.2. The Hall–Kier alpha value is -3.53. The summed E-state index contributed by atoms with van der Waals surface area (Å²) in [6, 6.07) is 1.82. The lowest BCUT2D eigenvalue weighted by Gasteiger charge is -2.17. The fraction of sp³-hybridized carbons (Fsp3) is 0.200. The Morgan fingerprint density at radius 3 is 2.67 bits per heavy atom. The number of rotatable bonds is 7. The van der Waals surface area contributed by atoms with E-state index in [0.29, 0.717) is 27.5 Å². The fourth-order valence-corrected chi connectivity index (χ4v) is 3.43. The van der Waals surface area contributed by atoms with Crippen molar-refractivity contribution < 1.29 is 14.4 Å². The summed E-state index contributed by atoms with van der Waals surface area (Å²) in [6.45, 7) is 6.63. The van der Waals surface area contributed by atoms with Gasteiger partial charge in [0.15, 0.2) is 17.1 Å². The SMILES string of the molecule is C=CC(=O)Nc1cnc(-c2cncc(C(C)C(=O)NC3NC=C(C(C)=O)S3)c2)cn1. The number of Topliss-reactive ketones (excluding diaryl/α,β-unsaturated/α-hetero) is 1. The number of anilines is 1. The van der Waals surface area contributed by atoms with Gasteiger partial charge >= 0.3 is 0 Å². The third-order valence-electron chi connectivity index (χ3n) is 4.27. The zero-order valence-electron chi connectivity index (χ0n) is 16.4. The molecule has 0 bridgehead atoms. The number of thioether (sulfide) groups is 1. The molecule has 2 aromatic rings. The van der Waals surface area contributed by atoms with Gasteiger partial charge in [0.1, 0.15) is 0 Å². The van der Waals surface area contributed by atoms with Gasteiger partial charge in [0.05, 0.1) is 28.9 Å². The van der Waals surface area contributed by atoms with Gasteiger partial charge in [-0.3, -0.25) is 24.4 Å². The highest BCUT2D eigenvalue weighted by Crippen LogP contribution is 2.26. The fourth-order valence-electron chi connectivity index (χ4n) is 2.56. The number of hydrogen-bond donors (Lipinski definition) is 3. The minimum absolute atomic E-state index is 0.0506. The Labute approximate surface area is 177 Å². The highest BCUT2D eigenvalue weighted by molar-refractivity contribution is 8.04. The van der Waals surface area contributed by atoms with Gasteiger partial charge in [-0.1, -0.05) is 18.3 Å². The van der Waals surface area contributed by atoms with E-state index in [0.717, 1.165) is 6.08 Å². The van der Waals surface area contributed by atoms with Gasteiger partial charge in [-0.2, -0.15) is 0 Å². The molecule has 0 saturated carbocycles. The number of hydrogen-bond acceptors (Lipinski definition) is 8. The molecular formula is C20H20N6O3S. The predicted molar refractivity (Wildman–Crippen MR) is 114 cm³/mol. The van der Waals surface area contributed by atoms with Crippen molar-refractivity contribution in [2.45, 2.75) is 25.3 Å². The molecule has 0 spiro atoms. The van der Waals surface area contributed by atoms with Crippen molar-refractivity contribution in [3.05, 3.63) is 60.2 Å². The molecule has 2 amide bonds. The highest BCUT2D eigenvalue weighted by Gasteiger charge is 2.24. The van der Waals surface area contributed by atoms with Crippen LogP contribution < -0.4 is 16.0 Å². The Bertz CT molecular complexity index is 1020. The summed E-state index contributed by atoms with van der Waals surface area (Å²) in [5.41, 5.74) is 1.56. The van der Waals surface area contributed by atoms with Crippen molar-refractivity contribution in [3.8, 4) is 11.3 Å². The molecule has 0 aromatic carbocycles. The number of carbonyl (C=O) groups is 3. The second kappa shape index (κ2) is 9.31. The van der Waals surface area contributed by atoms with Crippen molar-refractivity contribution >= 4 is 35.2 Å². The molecule has 30 heavy (non-hydrogen) atoms. The summed E-state index contributed by atoms with van der Waals surface area (Å²) in [5, 5.41) is 8.35. The second-order valence-electron chi connectivity index (χ2n) is 6.45. The molecule has 0 aliphatic carbocycles. The third kappa shape index (κ3) is 5.09. The molecule has 3 rings (SSSR count).